The third-order valence-corrected chi connectivity index (χ3v) is 3.26. The van der Waals surface area contributed by atoms with Crippen molar-refractivity contribution in [1.29, 1.82) is 5.26 Å². The minimum atomic E-state index is 0.582. The van der Waals surface area contributed by atoms with Crippen molar-refractivity contribution in [2.24, 2.45) is 0 Å². The van der Waals surface area contributed by atoms with Gasteiger partial charge in [0.25, 0.3) is 0 Å². The molecule has 1 aromatic carbocycles. The van der Waals surface area contributed by atoms with Crippen LogP contribution in [0.15, 0.2) is 24.3 Å². The van der Waals surface area contributed by atoms with Gasteiger partial charge in [-0.05, 0) is 45.1 Å². The van der Waals surface area contributed by atoms with Crippen LogP contribution in [0.3, 0.4) is 0 Å². The van der Waals surface area contributed by atoms with Gasteiger partial charge < -0.3 is 9.80 Å². The Morgan fingerprint density at radius 3 is 3.00 bits per heavy atom. The standard InChI is InChI=1S/C14H19N3/c1-16(2)11-14-7-4-8-17(14)13-6-3-5-12(9-13)10-15/h3,5-6,9,14H,4,7-8,11H2,1-2H3. The molecule has 0 spiro atoms. The monoisotopic (exact) mass is 229 g/mol. The largest absolute Gasteiger partial charge is 0.367 e. The van der Waals surface area contributed by atoms with Crippen molar-refractivity contribution in [3.05, 3.63) is 29.8 Å². The second-order valence-electron chi connectivity index (χ2n) is 4.91. The summed E-state index contributed by atoms with van der Waals surface area (Å²) < 4.78 is 0. The molecule has 0 radical (unpaired) electrons. The van der Waals surface area contributed by atoms with Crippen molar-refractivity contribution in [3.8, 4) is 6.07 Å². The minimum Gasteiger partial charge on any atom is -0.367 e. The molecule has 3 nitrogen and oxygen atoms in total. The lowest BCUT2D eigenvalue weighted by Gasteiger charge is -2.29. The summed E-state index contributed by atoms with van der Waals surface area (Å²) in [6, 6.07) is 10.7. The minimum absolute atomic E-state index is 0.582. The smallest absolute Gasteiger partial charge is 0.0992 e. The van der Waals surface area contributed by atoms with E-state index in [0.29, 0.717) is 6.04 Å². The molecule has 1 fully saturated rings. The van der Waals surface area contributed by atoms with Crippen LogP contribution >= 0.6 is 0 Å². The zero-order valence-corrected chi connectivity index (χ0v) is 10.6. The van der Waals surface area contributed by atoms with Crippen LogP contribution in [0, 0.1) is 11.3 Å². The van der Waals surface area contributed by atoms with Gasteiger partial charge in [-0.25, -0.2) is 0 Å². The molecule has 17 heavy (non-hydrogen) atoms. The van der Waals surface area contributed by atoms with Gasteiger partial charge in [0.05, 0.1) is 11.6 Å². The average molecular weight is 229 g/mol. The lowest BCUT2D eigenvalue weighted by Crippen LogP contribution is -2.37. The summed E-state index contributed by atoms with van der Waals surface area (Å²) in [4.78, 5) is 4.66. The molecular weight excluding hydrogens is 210 g/mol. The molecule has 3 heteroatoms. The SMILES string of the molecule is CN(C)CC1CCCN1c1cccc(C#N)c1. The quantitative estimate of drug-likeness (QED) is 0.795. The third-order valence-electron chi connectivity index (χ3n) is 3.26. The first-order valence-corrected chi connectivity index (χ1v) is 6.12. The molecule has 0 bridgehead atoms. The fourth-order valence-corrected chi connectivity index (χ4v) is 2.54. The molecule has 1 aliphatic heterocycles. The molecule has 1 heterocycles. The molecule has 0 saturated carbocycles. The Morgan fingerprint density at radius 2 is 2.29 bits per heavy atom. The van der Waals surface area contributed by atoms with Gasteiger partial charge in [0.1, 0.15) is 0 Å². The highest BCUT2D eigenvalue weighted by molar-refractivity contribution is 5.53. The first-order chi connectivity index (χ1) is 8.20. The van der Waals surface area contributed by atoms with Crippen LogP contribution in [0.5, 0.6) is 0 Å². The van der Waals surface area contributed by atoms with Gasteiger partial charge in [-0.1, -0.05) is 6.07 Å². The van der Waals surface area contributed by atoms with E-state index in [1.165, 1.54) is 18.5 Å². The van der Waals surface area contributed by atoms with E-state index in [2.05, 4.69) is 36.0 Å². The molecule has 90 valence electrons. The number of anilines is 1. The highest BCUT2D eigenvalue weighted by atomic mass is 15.2. The van der Waals surface area contributed by atoms with Crippen LogP contribution in [-0.4, -0.2) is 38.1 Å². The Hall–Kier alpha value is -1.53. The highest BCUT2D eigenvalue weighted by Crippen LogP contribution is 2.26. The van der Waals surface area contributed by atoms with Crippen LogP contribution in [-0.2, 0) is 0 Å². The zero-order chi connectivity index (χ0) is 12.3. The summed E-state index contributed by atoms with van der Waals surface area (Å²) in [5, 5.41) is 8.94. The molecule has 1 atom stereocenters. The molecule has 0 aromatic heterocycles. The van der Waals surface area contributed by atoms with Gasteiger partial charge in [0.2, 0.25) is 0 Å². The normalized spacial score (nSPS) is 19.6. The number of hydrogen-bond acceptors (Lipinski definition) is 3. The van der Waals surface area contributed by atoms with Crippen molar-refractivity contribution in [3.63, 3.8) is 0 Å². The van der Waals surface area contributed by atoms with Gasteiger partial charge in [0.15, 0.2) is 0 Å². The van der Waals surface area contributed by atoms with Crippen LogP contribution in [0.1, 0.15) is 18.4 Å². The number of likely N-dealkylation sites (N-methyl/N-ethyl adjacent to an activating group) is 1. The van der Waals surface area contributed by atoms with E-state index >= 15 is 0 Å². The lowest BCUT2D eigenvalue weighted by atomic mass is 10.1. The van der Waals surface area contributed by atoms with E-state index in [4.69, 9.17) is 5.26 Å². The van der Waals surface area contributed by atoms with Crippen molar-refractivity contribution < 1.29 is 0 Å². The first kappa shape index (κ1) is 11.9. The predicted octanol–water partition coefficient (Wildman–Crippen LogP) is 2.09. The Morgan fingerprint density at radius 1 is 1.47 bits per heavy atom. The van der Waals surface area contributed by atoms with Crippen molar-refractivity contribution in [2.75, 3.05) is 32.1 Å². The Bertz CT molecular complexity index is 420. The van der Waals surface area contributed by atoms with Crippen molar-refractivity contribution in [1.82, 2.24) is 4.90 Å². The molecule has 1 aliphatic rings. The molecule has 0 N–H and O–H groups in total. The summed E-state index contributed by atoms with van der Waals surface area (Å²) in [6.45, 7) is 2.18. The van der Waals surface area contributed by atoms with E-state index in [9.17, 15) is 0 Å². The van der Waals surface area contributed by atoms with Gasteiger partial charge >= 0.3 is 0 Å². The average Bonchev–Trinajstić information content (AvgIpc) is 2.76. The molecule has 1 unspecified atom stereocenters. The van der Waals surface area contributed by atoms with Gasteiger partial charge in [0, 0.05) is 24.8 Å². The number of nitriles is 1. The summed E-state index contributed by atoms with van der Waals surface area (Å²) >= 11 is 0. The number of rotatable bonds is 3. The molecule has 1 saturated heterocycles. The Balaban J connectivity index is 2.17. The third kappa shape index (κ3) is 2.78. The number of nitrogens with zero attached hydrogens (tertiary/aromatic N) is 3. The van der Waals surface area contributed by atoms with Crippen LogP contribution in [0.4, 0.5) is 5.69 Å². The van der Waals surface area contributed by atoms with E-state index in [0.717, 1.165) is 18.7 Å². The molecule has 0 amide bonds. The van der Waals surface area contributed by atoms with Crippen LogP contribution < -0.4 is 4.90 Å². The Kier molecular flexibility index (Phi) is 3.65. The van der Waals surface area contributed by atoms with E-state index in [1.54, 1.807) is 0 Å². The lowest BCUT2D eigenvalue weighted by molar-refractivity contribution is 0.372. The molecule has 0 aliphatic carbocycles. The highest BCUT2D eigenvalue weighted by Gasteiger charge is 2.25. The van der Waals surface area contributed by atoms with Crippen LogP contribution in [0.25, 0.3) is 0 Å². The van der Waals surface area contributed by atoms with Crippen LogP contribution in [0.2, 0.25) is 0 Å². The molecule has 1 aromatic rings. The summed E-state index contributed by atoms with van der Waals surface area (Å²) in [5.41, 5.74) is 1.94. The maximum atomic E-state index is 8.94. The summed E-state index contributed by atoms with van der Waals surface area (Å²) in [5.74, 6) is 0. The topological polar surface area (TPSA) is 30.3 Å². The molecular formula is C14H19N3. The maximum Gasteiger partial charge on any atom is 0.0992 e. The van der Waals surface area contributed by atoms with Gasteiger partial charge in [-0.2, -0.15) is 5.26 Å². The second kappa shape index (κ2) is 5.20. The second-order valence-corrected chi connectivity index (χ2v) is 4.91. The van der Waals surface area contributed by atoms with Gasteiger partial charge in [-0.15, -0.1) is 0 Å². The van der Waals surface area contributed by atoms with E-state index in [-0.39, 0.29) is 0 Å². The number of hydrogen-bond donors (Lipinski definition) is 0. The predicted molar refractivity (Wildman–Crippen MR) is 70.1 cm³/mol. The van der Waals surface area contributed by atoms with E-state index in [1.807, 2.05) is 18.2 Å². The van der Waals surface area contributed by atoms with E-state index < -0.39 is 0 Å². The zero-order valence-electron chi connectivity index (χ0n) is 10.6. The fourth-order valence-electron chi connectivity index (χ4n) is 2.54. The summed E-state index contributed by atoms with van der Waals surface area (Å²) in [6.07, 6.45) is 2.49. The Labute approximate surface area is 103 Å². The maximum absolute atomic E-state index is 8.94. The van der Waals surface area contributed by atoms with Crippen molar-refractivity contribution in [2.45, 2.75) is 18.9 Å². The molecule has 2 rings (SSSR count). The van der Waals surface area contributed by atoms with Gasteiger partial charge in [-0.3, -0.25) is 0 Å². The summed E-state index contributed by atoms with van der Waals surface area (Å²) in [7, 11) is 4.23. The first-order valence-electron chi connectivity index (χ1n) is 6.12. The fraction of sp³-hybridized carbons (Fsp3) is 0.500. The number of benzene rings is 1. The van der Waals surface area contributed by atoms with Crippen molar-refractivity contribution >= 4 is 5.69 Å².